The maximum atomic E-state index is 14.6. The predicted molar refractivity (Wildman–Crippen MR) is 154 cm³/mol. The number of carbonyl (C=O) groups excluding carboxylic acids is 2. The lowest BCUT2D eigenvalue weighted by Crippen LogP contribution is -2.37. The molecule has 38 heavy (non-hydrogen) atoms. The van der Waals surface area contributed by atoms with Gasteiger partial charge in [0.1, 0.15) is 11.6 Å². The number of hydrogen-bond acceptors (Lipinski definition) is 4. The van der Waals surface area contributed by atoms with Gasteiger partial charge in [0.15, 0.2) is 0 Å². The number of fused-ring (bicyclic) bond motifs is 3. The second-order valence-electron chi connectivity index (χ2n) is 8.48. The second kappa shape index (κ2) is 10.8. The fraction of sp³-hybridized carbons (Fsp3) is 0.172. The molecule has 1 unspecified atom stereocenters. The normalized spacial score (nSPS) is 15.0. The molecule has 0 fully saturated rings. The molecule has 1 amide bonds. The standard InChI is InChI=1S/C29H23ClFIN2O4/c1-3-37-28(35)33-22-16-18(31)14-15-20(22)24-23(19-12-8-9-13-21(19)30)25(32)26(17-10-6-5-7-11-17)34(27(24)33)29(36)38-4-2/h5-16,23H,3-4H2,1-2H3. The minimum Gasteiger partial charge on any atom is -0.449 e. The Balaban J connectivity index is 1.97. The van der Waals surface area contributed by atoms with Crippen LogP contribution in [0.4, 0.5) is 19.8 Å². The number of amides is 1. The van der Waals surface area contributed by atoms with Crippen LogP contribution in [0.3, 0.4) is 0 Å². The fourth-order valence-electron chi connectivity index (χ4n) is 4.86. The summed E-state index contributed by atoms with van der Waals surface area (Å²) >= 11 is 8.97. The number of anilines is 1. The first-order chi connectivity index (χ1) is 18.4. The number of aromatic nitrogens is 1. The number of hydrogen-bond donors (Lipinski definition) is 0. The number of rotatable bonds is 4. The van der Waals surface area contributed by atoms with Crippen molar-refractivity contribution in [2.75, 3.05) is 18.1 Å². The van der Waals surface area contributed by atoms with Crippen LogP contribution < -0.4 is 4.90 Å². The van der Waals surface area contributed by atoms with Crippen LogP contribution in [0.1, 0.15) is 36.5 Å². The van der Waals surface area contributed by atoms with Crippen LogP contribution in [0.5, 0.6) is 0 Å². The largest absolute Gasteiger partial charge is 0.449 e. The maximum Gasteiger partial charge on any atom is 0.420 e. The highest BCUT2D eigenvalue weighted by Crippen LogP contribution is 2.54. The van der Waals surface area contributed by atoms with Crippen LogP contribution in [0.2, 0.25) is 5.02 Å². The Hall–Kier alpha value is -3.37. The second-order valence-corrected chi connectivity index (χ2v) is 10.1. The first-order valence-corrected chi connectivity index (χ1v) is 13.5. The monoisotopic (exact) mass is 644 g/mol. The molecule has 3 aromatic carbocycles. The van der Waals surface area contributed by atoms with Crippen molar-refractivity contribution in [2.24, 2.45) is 0 Å². The summed E-state index contributed by atoms with van der Waals surface area (Å²) in [6.45, 7) is 3.60. The third-order valence-electron chi connectivity index (χ3n) is 6.31. The molecule has 1 aromatic heterocycles. The lowest BCUT2D eigenvalue weighted by atomic mass is 9.85. The van der Waals surface area contributed by atoms with Gasteiger partial charge >= 0.3 is 12.2 Å². The number of allylic oxidation sites excluding steroid dienone is 1. The Morgan fingerprint density at radius 1 is 0.947 bits per heavy atom. The molecule has 0 aliphatic carbocycles. The molecule has 2 heterocycles. The molecule has 0 N–H and O–H groups in total. The lowest BCUT2D eigenvalue weighted by molar-refractivity contribution is 0.154. The van der Waals surface area contributed by atoms with E-state index < -0.39 is 23.9 Å². The molecule has 0 saturated heterocycles. The molecule has 9 heteroatoms. The third kappa shape index (κ3) is 4.35. The van der Waals surface area contributed by atoms with Gasteiger partial charge in [0.2, 0.25) is 0 Å². The van der Waals surface area contributed by atoms with Crippen molar-refractivity contribution in [1.29, 1.82) is 0 Å². The fourth-order valence-corrected chi connectivity index (χ4v) is 6.30. The van der Waals surface area contributed by atoms with Gasteiger partial charge in [-0.3, -0.25) is 0 Å². The van der Waals surface area contributed by atoms with Crippen molar-refractivity contribution >= 4 is 68.8 Å². The molecule has 4 aromatic rings. The van der Waals surface area contributed by atoms with Crippen molar-refractivity contribution in [3.05, 3.63) is 104 Å². The van der Waals surface area contributed by atoms with E-state index in [-0.39, 0.29) is 24.5 Å². The number of ether oxygens (including phenoxy) is 2. The average molecular weight is 645 g/mol. The first kappa shape index (κ1) is 26.2. The smallest absolute Gasteiger partial charge is 0.420 e. The van der Waals surface area contributed by atoms with Crippen LogP contribution in [-0.4, -0.2) is 30.0 Å². The van der Waals surface area contributed by atoms with Gasteiger partial charge in [-0.05, 0) is 71.8 Å². The highest BCUT2D eigenvalue weighted by Gasteiger charge is 2.43. The van der Waals surface area contributed by atoms with E-state index in [2.05, 4.69) is 22.6 Å². The molecular formula is C29H23ClFIN2O4. The zero-order chi connectivity index (χ0) is 27.0. The van der Waals surface area contributed by atoms with Crippen molar-refractivity contribution in [2.45, 2.75) is 19.8 Å². The number of halogens is 3. The summed E-state index contributed by atoms with van der Waals surface area (Å²) in [4.78, 5) is 28.5. The van der Waals surface area contributed by atoms with E-state index >= 15 is 0 Å². The Kier molecular flexibility index (Phi) is 7.45. The van der Waals surface area contributed by atoms with Gasteiger partial charge in [0, 0.05) is 25.5 Å². The summed E-state index contributed by atoms with van der Waals surface area (Å²) < 4.78 is 27.5. The Labute approximate surface area is 237 Å². The Morgan fingerprint density at radius 2 is 1.61 bits per heavy atom. The molecule has 5 rings (SSSR count). The third-order valence-corrected chi connectivity index (χ3v) is 7.79. The van der Waals surface area contributed by atoms with Crippen molar-refractivity contribution in [1.82, 2.24) is 4.57 Å². The van der Waals surface area contributed by atoms with E-state index in [0.717, 1.165) is 14.7 Å². The predicted octanol–water partition coefficient (Wildman–Crippen LogP) is 8.35. The summed E-state index contributed by atoms with van der Waals surface area (Å²) in [6.07, 6.45) is -1.41. The highest BCUT2D eigenvalue weighted by molar-refractivity contribution is 14.1. The van der Waals surface area contributed by atoms with Crippen molar-refractivity contribution in [3.8, 4) is 0 Å². The van der Waals surface area contributed by atoms with Gasteiger partial charge in [0.05, 0.1) is 24.4 Å². The van der Waals surface area contributed by atoms with Crippen LogP contribution in [0, 0.1) is 5.82 Å². The zero-order valence-electron chi connectivity index (χ0n) is 20.6. The summed E-state index contributed by atoms with van der Waals surface area (Å²) in [5, 5.41) is 1.11. The minimum atomic E-state index is -0.735. The Bertz CT molecular complexity index is 1580. The highest BCUT2D eigenvalue weighted by atomic mass is 127. The molecule has 0 spiro atoms. The quantitative estimate of drug-likeness (QED) is 0.210. The van der Waals surface area contributed by atoms with Gasteiger partial charge in [-0.2, -0.15) is 0 Å². The number of benzene rings is 3. The topological polar surface area (TPSA) is 60.8 Å². The van der Waals surface area contributed by atoms with Gasteiger partial charge < -0.3 is 9.47 Å². The van der Waals surface area contributed by atoms with Crippen LogP contribution in [0.15, 0.2) is 76.4 Å². The maximum absolute atomic E-state index is 14.6. The van der Waals surface area contributed by atoms with Crippen LogP contribution in [0.25, 0.3) is 16.6 Å². The van der Waals surface area contributed by atoms with Gasteiger partial charge in [0.25, 0.3) is 0 Å². The lowest BCUT2D eigenvalue weighted by Gasteiger charge is -2.35. The molecule has 1 aliphatic heterocycles. The van der Waals surface area contributed by atoms with Crippen LogP contribution in [-0.2, 0) is 9.47 Å². The number of nitrogens with zero attached hydrogens (tertiary/aromatic N) is 2. The molecule has 0 radical (unpaired) electrons. The molecule has 1 aliphatic rings. The van der Waals surface area contributed by atoms with Gasteiger partial charge in [-0.15, -0.1) is 0 Å². The molecular weight excluding hydrogens is 622 g/mol. The molecule has 194 valence electrons. The van der Waals surface area contributed by atoms with Gasteiger partial charge in [-0.1, -0.05) is 60.1 Å². The summed E-state index contributed by atoms with van der Waals surface area (Å²) in [6, 6.07) is 21.0. The minimum absolute atomic E-state index is 0.0921. The Morgan fingerprint density at radius 3 is 2.29 bits per heavy atom. The average Bonchev–Trinajstić information content (AvgIpc) is 3.23. The number of carbonyl (C=O) groups is 2. The summed E-state index contributed by atoms with van der Waals surface area (Å²) in [5.74, 6) is -0.767. The van der Waals surface area contributed by atoms with Crippen molar-refractivity contribution in [3.63, 3.8) is 0 Å². The van der Waals surface area contributed by atoms with E-state index in [1.165, 1.54) is 21.6 Å². The molecule has 6 nitrogen and oxygen atoms in total. The van der Waals surface area contributed by atoms with Crippen molar-refractivity contribution < 1.29 is 23.5 Å². The summed E-state index contributed by atoms with van der Waals surface area (Å²) in [7, 11) is 0. The molecule has 0 saturated carbocycles. The zero-order valence-corrected chi connectivity index (χ0v) is 23.5. The SMILES string of the molecule is CCOC(=O)N1C(c2ccccc2)=C(I)C(c2ccccc2Cl)c2c1n(C(=O)OCC)c1cc(F)ccc21. The van der Waals surface area contributed by atoms with Crippen LogP contribution >= 0.6 is 34.2 Å². The van der Waals surface area contributed by atoms with E-state index in [9.17, 15) is 14.0 Å². The van der Waals surface area contributed by atoms with E-state index in [1.54, 1.807) is 26.0 Å². The first-order valence-electron chi connectivity index (χ1n) is 12.1. The molecule has 0 bridgehead atoms. The van der Waals surface area contributed by atoms with E-state index in [0.29, 0.717) is 21.7 Å². The molecule has 1 atom stereocenters. The van der Waals surface area contributed by atoms with E-state index in [4.69, 9.17) is 21.1 Å². The van der Waals surface area contributed by atoms with E-state index in [1.807, 2.05) is 48.5 Å². The summed E-state index contributed by atoms with van der Waals surface area (Å²) in [5.41, 5.74) is 2.95. The van der Waals surface area contributed by atoms with Gasteiger partial charge in [-0.25, -0.2) is 23.4 Å².